The standard InChI is InChI=1S/C14H21ClN2O/c1-14(2)10-17(8-7-16(14)3)13-6-4-5-12(15)11(13)9-18/h4-6,18H,7-10H2,1-3H3. The molecule has 2 rings (SSSR count). The molecule has 18 heavy (non-hydrogen) atoms. The van der Waals surface area contributed by atoms with Crippen molar-refractivity contribution in [3.8, 4) is 0 Å². The third-order valence-electron chi connectivity index (χ3n) is 3.91. The van der Waals surface area contributed by atoms with E-state index in [1.54, 1.807) is 0 Å². The third-order valence-corrected chi connectivity index (χ3v) is 4.26. The molecular weight excluding hydrogens is 248 g/mol. The molecule has 1 aliphatic heterocycles. The average Bonchev–Trinajstić information content (AvgIpc) is 2.32. The smallest absolute Gasteiger partial charge is 0.0716 e. The van der Waals surface area contributed by atoms with E-state index in [1.807, 2.05) is 18.2 Å². The molecule has 0 atom stereocenters. The molecule has 0 aliphatic carbocycles. The van der Waals surface area contributed by atoms with Crippen molar-refractivity contribution in [2.45, 2.75) is 26.0 Å². The second kappa shape index (κ2) is 5.08. The minimum absolute atomic E-state index is 0.0121. The summed E-state index contributed by atoms with van der Waals surface area (Å²) in [5, 5.41) is 10.1. The number of benzene rings is 1. The Morgan fingerprint density at radius 2 is 2.06 bits per heavy atom. The van der Waals surface area contributed by atoms with Crippen LogP contribution in [0.2, 0.25) is 5.02 Å². The van der Waals surface area contributed by atoms with Gasteiger partial charge in [-0.1, -0.05) is 17.7 Å². The third kappa shape index (κ3) is 2.48. The number of halogens is 1. The summed E-state index contributed by atoms with van der Waals surface area (Å²) in [5.41, 5.74) is 2.03. The van der Waals surface area contributed by atoms with Crippen molar-refractivity contribution in [2.75, 3.05) is 31.6 Å². The van der Waals surface area contributed by atoms with Crippen LogP contribution in [0.15, 0.2) is 18.2 Å². The number of aliphatic hydroxyl groups is 1. The summed E-state index contributed by atoms with van der Waals surface area (Å²) >= 11 is 6.15. The van der Waals surface area contributed by atoms with Gasteiger partial charge < -0.3 is 10.0 Å². The summed E-state index contributed by atoms with van der Waals surface area (Å²) in [4.78, 5) is 4.68. The highest BCUT2D eigenvalue weighted by Gasteiger charge is 2.31. The molecule has 1 aromatic carbocycles. The van der Waals surface area contributed by atoms with Gasteiger partial charge in [0.25, 0.3) is 0 Å². The van der Waals surface area contributed by atoms with E-state index in [1.165, 1.54) is 0 Å². The Hall–Kier alpha value is -0.770. The summed E-state index contributed by atoms with van der Waals surface area (Å²) in [6.45, 7) is 7.39. The minimum atomic E-state index is -0.0121. The van der Waals surface area contributed by atoms with Gasteiger partial charge in [-0.15, -0.1) is 0 Å². The molecule has 0 amide bonds. The van der Waals surface area contributed by atoms with Crippen LogP contribution in [0.3, 0.4) is 0 Å². The highest BCUT2D eigenvalue weighted by atomic mass is 35.5. The van der Waals surface area contributed by atoms with Crippen LogP contribution in [0.5, 0.6) is 0 Å². The van der Waals surface area contributed by atoms with Crippen molar-refractivity contribution in [1.82, 2.24) is 4.90 Å². The molecule has 0 spiro atoms. The lowest BCUT2D eigenvalue weighted by atomic mass is 9.98. The highest BCUT2D eigenvalue weighted by molar-refractivity contribution is 6.31. The Morgan fingerprint density at radius 1 is 1.33 bits per heavy atom. The zero-order valence-corrected chi connectivity index (χ0v) is 12.0. The van der Waals surface area contributed by atoms with Crippen molar-refractivity contribution in [2.24, 2.45) is 0 Å². The van der Waals surface area contributed by atoms with Gasteiger partial charge in [-0.2, -0.15) is 0 Å². The molecular formula is C14H21ClN2O. The Bertz CT molecular complexity index is 434. The molecule has 0 aromatic heterocycles. The van der Waals surface area contributed by atoms with Crippen molar-refractivity contribution in [3.05, 3.63) is 28.8 Å². The van der Waals surface area contributed by atoms with Crippen molar-refractivity contribution in [1.29, 1.82) is 0 Å². The number of hydrogen-bond donors (Lipinski definition) is 1. The molecule has 1 N–H and O–H groups in total. The summed E-state index contributed by atoms with van der Waals surface area (Å²) in [5.74, 6) is 0. The van der Waals surface area contributed by atoms with E-state index in [4.69, 9.17) is 11.6 Å². The van der Waals surface area contributed by atoms with E-state index >= 15 is 0 Å². The first-order chi connectivity index (χ1) is 8.45. The van der Waals surface area contributed by atoms with Crippen molar-refractivity contribution in [3.63, 3.8) is 0 Å². The van der Waals surface area contributed by atoms with E-state index in [0.29, 0.717) is 5.02 Å². The zero-order chi connectivity index (χ0) is 13.3. The number of aliphatic hydroxyl groups excluding tert-OH is 1. The lowest BCUT2D eigenvalue weighted by molar-refractivity contribution is 0.138. The molecule has 3 nitrogen and oxygen atoms in total. The van der Waals surface area contributed by atoms with Crippen molar-refractivity contribution >= 4 is 17.3 Å². The van der Waals surface area contributed by atoms with Gasteiger partial charge in [-0.05, 0) is 33.0 Å². The first kappa shape index (κ1) is 13.7. The molecule has 1 aromatic rings. The van der Waals surface area contributed by atoms with Gasteiger partial charge in [0.15, 0.2) is 0 Å². The quantitative estimate of drug-likeness (QED) is 0.892. The first-order valence-electron chi connectivity index (χ1n) is 6.30. The first-order valence-corrected chi connectivity index (χ1v) is 6.68. The van der Waals surface area contributed by atoms with Gasteiger partial charge in [-0.25, -0.2) is 0 Å². The number of rotatable bonds is 2. The van der Waals surface area contributed by atoms with E-state index in [9.17, 15) is 5.11 Å². The lowest BCUT2D eigenvalue weighted by Crippen LogP contribution is -2.57. The average molecular weight is 269 g/mol. The van der Waals surface area contributed by atoms with Gasteiger partial charge in [0.2, 0.25) is 0 Å². The molecule has 100 valence electrons. The number of nitrogens with zero attached hydrogens (tertiary/aromatic N) is 2. The topological polar surface area (TPSA) is 26.7 Å². The van der Waals surface area contributed by atoms with Crippen LogP contribution >= 0.6 is 11.6 Å². The van der Waals surface area contributed by atoms with Crippen LogP contribution in [-0.2, 0) is 6.61 Å². The molecule has 1 fully saturated rings. The number of hydrogen-bond acceptors (Lipinski definition) is 3. The van der Waals surface area contributed by atoms with Crippen LogP contribution < -0.4 is 4.90 Å². The number of piperazine rings is 1. The van der Waals surface area contributed by atoms with Gasteiger partial charge in [0, 0.05) is 41.4 Å². The van der Waals surface area contributed by atoms with E-state index < -0.39 is 0 Å². The molecule has 4 heteroatoms. The maximum Gasteiger partial charge on any atom is 0.0716 e. The fourth-order valence-electron chi connectivity index (χ4n) is 2.45. The summed E-state index contributed by atoms with van der Waals surface area (Å²) in [7, 11) is 2.16. The summed E-state index contributed by atoms with van der Waals surface area (Å²) in [6.07, 6.45) is 0. The predicted molar refractivity (Wildman–Crippen MR) is 76.3 cm³/mol. The second-order valence-electron chi connectivity index (χ2n) is 5.55. The Balaban J connectivity index is 2.30. The van der Waals surface area contributed by atoms with Gasteiger partial charge >= 0.3 is 0 Å². The fraction of sp³-hybridized carbons (Fsp3) is 0.571. The fourth-order valence-corrected chi connectivity index (χ4v) is 2.68. The van der Waals surface area contributed by atoms with Gasteiger partial charge in [-0.3, -0.25) is 4.90 Å². The Labute approximate surface area is 114 Å². The monoisotopic (exact) mass is 268 g/mol. The molecule has 1 saturated heterocycles. The van der Waals surface area contributed by atoms with E-state index in [-0.39, 0.29) is 12.1 Å². The largest absolute Gasteiger partial charge is 0.392 e. The number of likely N-dealkylation sites (N-methyl/N-ethyl adjacent to an activating group) is 1. The zero-order valence-electron chi connectivity index (χ0n) is 11.3. The molecule has 0 bridgehead atoms. The summed E-state index contributed by atoms with van der Waals surface area (Å²) in [6, 6.07) is 5.82. The van der Waals surface area contributed by atoms with Crippen LogP contribution in [-0.4, -0.2) is 42.2 Å². The number of anilines is 1. The maximum atomic E-state index is 9.49. The highest BCUT2D eigenvalue weighted by Crippen LogP contribution is 2.31. The maximum absolute atomic E-state index is 9.49. The molecule has 0 unspecified atom stereocenters. The van der Waals surface area contributed by atoms with Crippen LogP contribution in [0.4, 0.5) is 5.69 Å². The lowest BCUT2D eigenvalue weighted by Gasteiger charge is -2.46. The Morgan fingerprint density at radius 3 is 2.67 bits per heavy atom. The second-order valence-corrected chi connectivity index (χ2v) is 5.96. The summed E-state index contributed by atoms with van der Waals surface area (Å²) < 4.78 is 0. The van der Waals surface area contributed by atoms with Crippen LogP contribution in [0, 0.1) is 0 Å². The van der Waals surface area contributed by atoms with Gasteiger partial charge in [0.1, 0.15) is 0 Å². The minimum Gasteiger partial charge on any atom is -0.392 e. The van der Waals surface area contributed by atoms with Crippen molar-refractivity contribution < 1.29 is 5.11 Å². The predicted octanol–water partition coefficient (Wildman–Crippen LogP) is 2.36. The van der Waals surface area contributed by atoms with E-state index in [0.717, 1.165) is 30.9 Å². The molecule has 1 aliphatic rings. The Kier molecular flexibility index (Phi) is 3.85. The molecule has 1 heterocycles. The van der Waals surface area contributed by atoms with Gasteiger partial charge in [0.05, 0.1) is 6.61 Å². The molecule has 0 radical (unpaired) electrons. The normalized spacial score (nSPS) is 20.2. The molecule has 0 saturated carbocycles. The SMILES string of the molecule is CN1CCN(c2cccc(Cl)c2CO)CC1(C)C. The van der Waals surface area contributed by atoms with Crippen LogP contribution in [0.25, 0.3) is 0 Å². The van der Waals surface area contributed by atoms with Crippen LogP contribution in [0.1, 0.15) is 19.4 Å². The van der Waals surface area contributed by atoms with E-state index in [2.05, 4.69) is 30.7 Å².